The standard InChI is InChI=1S/C31H31ClN6O2S2/c1-17(2)18-9-11-19(12-10-18)26-20(15-33)28(34)38(23-13-31(3,4)14-24(39)27(23)26)29-36-37-30(42-29)41-16-25(40)35-22-8-6-5-7-21(22)32/h5-12,17,26H,13-14,16,34H2,1-4H3,(H,35,40). The van der Waals surface area contributed by atoms with Gasteiger partial charge in [-0.1, -0.05) is 98.8 Å². The Morgan fingerprint density at radius 2 is 1.93 bits per heavy atom. The van der Waals surface area contributed by atoms with Crippen LogP contribution in [0.1, 0.15) is 63.5 Å². The number of nitrogens with one attached hydrogen (secondary N) is 1. The van der Waals surface area contributed by atoms with Crippen LogP contribution in [0.3, 0.4) is 0 Å². The highest BCUT2D eigenvalue weighted by Gasteiger charge is 2.45. The number of aromatic nitrogens is 2. The molecule has 0 radical (unpaired) electrons. The van der Waals surface area contributed by atoms with Crippen LogP contribution in [-0.2, 0) is 9.59 Å². The molecule has 0 fully saturated rings. The maximum atomic E-state index is 13.8. The van der Waals surface area contributed by atoms with E-state index in [1.54, 1.807) is 29.2 Å². The normalized spacial score (nSPS) is 18.3. The van der Waals surface area contributed by atoms with Gasteiger partial charge in [0.15, 0.2) is 10.1 Å². The maximum absolute atomic E-state index is 13.8. The summed E-state index contributed by atoms with van der Waals surface area (Å²) in [6.07, 6.45) is 0.951. The molecule has 0 spiro atoms. The van der Waals surface area contributed by atoms with Crippen molar-refractivity contribution in [2.24, 2.45) is 11.1 Å². The summed E-state index contributed by atoms with van der Waals surface area (Å²) < 4.78 is 0.556. The van der Waals surface area contributed by atoms with E-state index in [0.717, 1.165) is 11.3 Å². The summed E-state index contributed by atoms with van der Waals surface area (Å²) in [6.45, 7) is 8.36. The average molecular weight is 619 g/mol. The van der Waals surface area contributed by atoms with E-state index in [0.29, 0.717) is 50.1 Å². The van der Waals surface area contributed by atoms with E-state index in [9.17, 15) is 14.9 Å². The van der Waals surface area contributed by atoms with Crippen molar-refractivity contribution in [1.82, 2.24) is 10.2 Å². The number of anilines is 2. The SMILES string of the molecule is CC(C)c1ccc(C2C(C#N)=C(N)N(c3nnc(SCC(=O)Nc4ccccc4Cl)s3)C3=C2C(=O)CC(C)(C)C3)cc1. The van der Waals surface area contributed by atoms with Crippen molar-refractivity contribution in [3.05, 3.63) is 87.3 Å². The van der Waals surface area contributed by atoms with Crippen molar-refractivity contribution in [2.75, 3.05) is 16.0 Å². The quantitative estimate of drug-likeness (QED) is 0.272. The number of para-hydroxylation sites is 1. The van der Waals surface area contributed by atoms with Gasteiger partial charge < -0.3 is 11.1 Å². The Morgan fingerprint density at radius 3 is 2.60 bits per heavy atom. The Bertz CT molecular complexity index is 1650. The Hall–Kier alpha value is -3.65. The van der Waals surface area contributed by atoms with Gasteiger partial charge in [0.25, 0.3) is 0 Å². The van der Waals surface area contributed by atoms with Crippen molar-refractivity contribution in [3.8, 4) is 6.07 Å². The highest BCUT2D eigenvalue weighted by Crippen LogP contribution is 2.50. The van der Waals surface area contributed by atoms with Gasteiger partial charge in [0.05, 0.1) is 34.0 Å². The lowest BCUT2D eigenvalue weighted by atomic mass is 9.68. The Labute approximate surface area is 258 Å². The first-order valence-electron chi connectivity index (χ1n) is 13.6. The number of benzene rings is 2. The smallest absolute Gasteiger partial charge is 0.234 e. The number of allylic oxidation sites excluding steroid dienone is 3. The fraction of sp³-hybridized carbons (Fsp3) is 0.323. The van der Waals surface area contributed by atoms with E-state index < -0.39 is 5.92 Å². The largest absolute Gasteiger partial charge is 0.384 e. The molecule has 5 rings (SSSR count). The van der Waals surface area contributed by atoms with Gasteiger partial charge in [-0.2, -0.15) is 5.26 Å². The summed E-state index contributed by atoms with van der Waals surface area (Å²) in [6, 6.07) is 17.4. The molecule has 0 bridgehead atoms. The molecule has 216 valence electrons. The monoisotopic (exact) mass is 618 g/mol. The number of halogens is 1. The highest BCUT2D eigenvalue weighted by atomic mass is 35.5. The number of carbonyl (C=O) groups is 2. The van der Waals surface area contributed by atoms with Gasteiger partial charge in [-0.25, -0.2) is 0 Å². The molecule has 8 nitrogen and oxygen atoms in total. The summed E-state index contributed by atoms with van der Waals surface area (Å²) in [5, 5.41) is 22.7. The third kappa shape index (κ3) is 5.95. The predicted molar refractivity (Wildman–Crippen MR) is 168 cm³/mol. The number of nitrogens with zero attached hydrogens (tertiary/aromatic N) is 4. The topological polar surface area (TPSA) is 125 Å². The molecular weight excluding hydrogens is 588 g/mol. The summed E-state index contributed by atoms with van der Waals surface area (Å²) in [5.74, 6) is -0.0897. The average Bonchev–Trinajstić information content (AvgIpc) is 3.40. The van der Waals surface area contributed by atoms with Crippen LogP contribution in [0.15, 0.2) is 75.5 Å². The Kier molecular flexibility index (Phi) is 8.46. The van der Waals surface area contributed by atoms with E-state index in [4.69, 9.17) is 17.3 Å². The molecule has 11 heteroatoms. The molecule has 1 amide bonds. The first kappa shape index (κ1) is 29.8. The van der Waals surface area contributed by atoms with Gasteiger partial charge in [-0.15, -0.1) is 10.2 Å². The van der Waals surface area contributed by atoms with Crippen molar-refractivity contribution in [3.63, 3.8) is 0 Å². The number of thioether (sulfide) groups is 1. The number of hydrogen-bond donors (Lipinski definition) is 2. The third-order valence-electron chi connectivity index (χ3n) is 7.38. The molecule has 1 atom stereocenters. The fourth-order valence-electron chi connectivity index (χ4n) is 5.36. The van der Waals surface area contributed by atoms with Crippen LogP contribution < -0.4 is 16.0 Å². The molecule has 2 heterocycles. The molecule has 2 aromatic carbocycles. The predicted octanol–water partition coefficient (Wildman–Crippen LogP) is 6.99. The lowest BCUT2D eigenvalue weighted by molar-refractivity contribution is -0.118. The number of nitrogens with two attached hydrogens (primary N) is 1. The first-order valence-corrected chi connectivity index (χ1v) is 15.7. The molecular formula is C31H31ClN6O2S2. The number of nitriles is 1. The molecule has 1 aliphatic heterocycles. The van der Waals surface area contributed by atoms with Crippen molar-refractivity contribution < 1.29 is 9.59 Å². The van der Waals surface area contributed by atoms with Crippen LogP contribution in [0.5, 0.6) is 0 Å². The number of carbonyl (C=O) groups excluding carboxylic acids is 2. The van der Waals surface area contributed by atoms with E-state index in [1.165, 1.54) is 28.7 Å². The van der Waals surface area contributed by atoms with E-state index in [1.807, 2.05) is 24.3 Å². The Morgan fingerprint density at radius 1 is 1.21 bits per heavy atom. The van der Waals surface area contributed by atoms with Crippen LogP contribution in [0.4, 0.5) is 10.8 Å². The summed E-state index contributed by atoms with van der Waals surface area (Å²) >= 11 is 8.65. The first-order chi connectivity index (χ1) is 20.0. The molecule has 0 saturated heterocycles. The minimum atomic E-state index is -0.554. The van der Waals surface area contributed by atoms with Crippen molar-refractivity contribution in [2.45, 2.75) is 56.7 Å². The number of ketones is 1. The number of Topliss-reactive ketones (excluding diaryl/α,β-unsaturated/α-hetero) is 1. The zero-order valence-electron chi connectivity index (χ0n) is 23.8. The van der Waals surface area contributed by atoms with E-state index in [-0.39, 0.29) is 28.7 Å². The zero-order chi connectivity index (χ0) is 30.2. The van der Waals surface area contributed by atoms with Gasteiger partial charge in [-0.3, -0.25) is 14.5 Å². The van der Waals surface area contributed by atoms with Crippen molar-refractivity contribution in [1.29, 1.82) is 5.26 Å². The highest BCUT2D eigenvalue weighted by molar-refractivity contribution is 8.01. The molecule has 3 aromatic rings. The van der Waals surface area contributed by atoms with Gasteiger partial charge >= 0.3 is 0 Å². The summed E-state index contributed by atoms with van der Waals surface area (Å²) in [7, 11) is 0. The van der Waals surface area contributed by atoms with E-state index in [2.05, 4.69) is 49.3 Å². The Balaban J connectivity index is 1.47. The van der Waals surface area contributed by atoms with Crippen LogP contribution in [0.2, 0.25) is 5.02 Å². The van der Waals surface area contributed by atoms with Crippen LogP contribution in [0, 0.1) is 16.7 Å². The lowest BCUT2D eigenvalue weighted by Gasteiger charge is -2.42. The van der Waals surface area contributed by atoms with Crippen LogP contribution >= 0.6 is 34.7 Å². The summed E-state index contributed by atoms with van der Waals surface area (Å²) in [5.41, 5.74) is 10.6. The van der Waals surface area contributed by atoms with Gasteiger partial charge in [0.1, 0.15) is 5.82 Å². The van der Waals surface area contributed by atoms with Crippen LogP contribution in [-0.4, -0.2) is 27.6 Å². The fourth-order valence-corrected chi connectivity index (χ4v) is 7.23. The molecule has 2 aliphatic rings. The third-order valence-corrected chi connectivity index (χ3v) is 9.75. The molecule has 3 N–H and O–H groups in total. The van der Waals surface area contributed by atoms with Gasteiger partial charge in [0, 0.05) is 17.7 Å². The molecule has 1 aliphatic carbocycles. The van der Waals surface area contributed by atoms with Gasteiger partial charge in [0.2, 0.25) is 11.0 Å². The molecule has 1 aromatic heterocycles. The van der Waals surface area contributed by atoms with Crippen molar-refractivity contribution >= 4 is 57.2 Å². The second kappa shape index (κ2) is 11.9. The lowest BCUT2D eigenvalue weighted by Crippen LogP contribution is -2.42. The second-order valence-corrected chi connectivity index (χ2v) is 14.1. The second-order valence-electron chi connectivity index (χ2n) is 11.5. The van der Waals surface area contributed by atoms with Gasteiger partial charge in [-0.05, 0) is 41.0 Å². The minimum Gasteiger partial charge on any atom is -0.384 e. The zero-order valence-corrected chi connectivity index (χ0v) is 26.2. The molecule has 1 unspecified atom stereocenters. The number of hydrogen-bond acceptors (Lipinski definition) is 9. The summed E-state index contributed by atoms with van der Waals surface area (Å²) in [4.78, 5) is 28.0. The minimum absolute atomic E-state index is 0.000191. The molecule has 0 saturated carbocycles. The van der Waals surface area contributed by atoms with E-state index >= 15 is 0 Å². The molecule has 42 heavy (non-hydrogen) atoms. The number of amides is 1. The number of rotatable bonds is 7. The van der Waals surface area contributed by atoms with Crippen LogP contribution in [0.25, 0.3) is 0 Å². The maximum Gasteiger partial charge on any atom is 0.234 e.